The van der Waals surface area contributed by atoms with Crippen molar-refractivity contribution in [2.45, 2.75) is 33.1 Å². The summed E-state index contributed by atoms with van der Waals surface area (Å²) in [6, 6.07) is 27.0. The summed E-state index contributed by atoms with van der Waals surface area (Å²) in [6.07, 6.45) is 22.7. The van der Waals surface area contributed by atoms with Gasteiger partial charge in [-0.2, -0.15) is 0 Å². The van der Waals surface area contributed by atoms with Crippen LogP contribution >= 0.6 is 7.49 Å². The highest BCUT2D eigenvalue weighted by Gasteiger charge is 2.49. The smallest absolute Gasteiger partial charge is 0.238 e. The van der Waals surface area contributed by atoms with Crippen LogP contribution in [0.1, 0.15) is 33.1 Å². The molecule has 0 radical (unpaired) electrons. The molecular formula is C42H39N3OP+. The number of benzene rings is 3. The summed E-state index contributed by atoms with van der Waals surface area (Å²) in [5.41, 5.74) is 14.3. The fourth-order valence-electron chi connectivity index (χ4n) is 8.07. The first-order valence-corrected chi connectivity index (χ1v) is 18.3. The van der Waals surface area contributed by atoms with Crippen molar-refractivity contribution in [3.05, 3.63) is 159 Å². The van der Waals surface area contributed by atoms with Crippen LogP contribution in [-0.2, 0) is 0 Å². The Morgan fingerprint density at radius 2 is 1.72 bits per heavy atom. The second-order valence-corrected chi connectivity index (χ2v) is 15.6. The molecule has 47 heavy (non-hydrogen) atoms. The number of aromatic nitrogens is 2. The van der Waals surface area contributed by atoms with E-state index in [4.69, 9.17) is 10.7 Å². The van der Waals surface area contributed by atoms with E-state index >= 15 is 0 Å². The van der Waals surface area contributed by atoms with E-state index in [1.54, 1.807) is 11.8 Å². The van der Waals surface area contributed by atoms with Crippen molar-refractivity contribution in [1.82, 2.24) is 9.38 Å². The summed E-state index contributed by atoms with van der Waals surface area (Å²) in [5.74, 6) is 0.770. The molecule has 0 aliphatic heterocycles. The Balaban J connectivity index is 1.39. The zero-order valence-corrected chi connectivity index (χ0v) is 27.7. The molecule has 3 unspecified atom stereocenters. The van der Waals surface area contributed by atoms with Crippen LogP contribution < -0.4 is 21.5 Å². The van der Waals surface area contributed by atoms with Crippen molar-refractivity contribution in [3.8, 4) is 0 Å². The number of pyridine rings is 1. The maximum Gasteiger partial charge on any atom is 0.238 e. The zero-order chi connectivity index (χ0) is 32.1. The van der Waals surface area contributed by atoms with Gasteiger partial charge in [0.15, 0.2) is 0 Å². The second kappa shape index (κ2) is 11.8. The Morgan fingerprint density at radius 3 is 2.53 bits per heavy atom. The van der Waals surface area contributed by atoms with E-state index < -0.39 is 7.49 Å². The molecule has 3 aliphatic rings. The highest BCUT2D eigenvalue weighted by molar-refractivity contribution is 7.85. The van der Waals surface area contributed by atoms with E-state index in [1.165, 1.54) is 5.57 Å². The van der Waals surface area contributed by atoms with Crippen molar-refractivity contribution in [1.29, 1.82) is 0 Å². The van der Waals surface area contributed by atoms with Crippen molar-refractivity contribution in [2.24, 2.45) is 17.6 Å². The van der Waals surface area contributed by atoms with Crippen molar-refractivity contribution >= 4 is 52.5 Å². The Labute approximate surface area is 276 Å². The third kappa shape index (κ3) is 4.70. The topological polar surface area (TPSA) is 63.5 Å². The zero-order valence-electron chi connectivity index (χ0n) is 26.8. The first-order chi connectivity index (χ1) is 23.0. The first-order valence-electron chi connectivity index (χ1n) is 16.5. The minimum absolute atomic E-state index is 0.354. The lowest BCUT2D eigenvalue weighted by atomic mass is 9.85. The summed E-state index contributed by atoms with van der Waals surface area (Å²) in [5, 5.41) is 6.05. The lowest BCUT2D eigenvalue weighted by molar-refractivity contribution is 0.560. The van der Waals surface area contributed by atoms with Crippen LogP contribution in [0.2, 0.25) is 0 Å². The SMILES string of the molecule is C\C=c1/c(=C\C(C)=C(\C=C/N)[P+](O)(C2=CC3CC4=C(CCC=C4)C3C=C2)c2ccccc2)c2ccccc2n2c1nc1ccccc12. The number of fused-ring (bicyclic) bond motifs is 7. The number of rotatable bonds is 5. The van der Waals surface area contributed by atoms with Crippen molar-refractivity contribution in [2.75, 3.05) is 0 Å². The van der Waals surface area contributed by atoms with Crippen LogP contribution in [0.5, 0.6) is 0 Å². The molecule has 8 rings (SSSR count). The standard InChI is InChI=1S/C42H39N3OP/c1-3-33-37(36-17-9-11-19-39(36)45-40-20-12-10-18-38(40)44-42(33)45)25-28(2)41(23-24-43)47(46,31-14-5-4-6-15-31)32-21-22-35-30(27-32)26-29-13-7-8-16-34(29)35/h3-7,9-15,17-25,27,30,35,46H,8,16,26,43H2,1-2H3/q+1/b24-23-,33-3+,37-25+,41-28-. The van der Waals surface area contributed by atoms with E-state index in [0.717, 1.165) is 78.8 Å². The molecule has 2 aromatic heterocycles. The molecule has 0 saturated carbocycles. The summed E-state index contributed by atoms with van der Waals surface area (Å²) in [7, 11) is -3.07. The number of hydrogen-bond donors (Lipinski definition) is 2. The summed E-state index contributed by atoms with van der Waals surface area (Å²) in [4.78, 5) is 18.4. The molecule has 0 bridgehead atoms. The van der Waals surface area contributed by atoms with E-state index in [0.29, 0.717) is 11.8 Å². The number of para-hydroxylation sites is 3. The highest BCUT2D eigenvalue weighted by atomic mass is 31.2. The van der Waals surface area contributed by atoms with Crippen molar-refractivity contribution < 1.29 is 4.89 Å². The van der Waals surface area contributed by atoms with Crippen LogP contribution in [0.4, 0.5) is 0 Å². The molecule has 3 aliphatic carbocycles. The molecule has 3 atom stereocenters. The summed E-state index contributed by atoms with van der Waals surface area (Å²) >= 11 is 0. The number of imidazole rings is 1. The van der Waals surface area contributed by atoms with E-state index in [1.807, 2.05) is 30.3 Å². The molecule has 0 amide bonds. The van der Waals surface area contributed by atoms with E-state index in [9.17, 15) is 4.89 Å². The Morgan fingerprint density at radius 1 is 0.957 bits per heavy atom. The average Bonchev–Trinajstić information content (AvgIpc) is 3.69. The molecule has 5 heteroatoms. The molecule has 4 nitrogen and oxygen atoms in total. The monoisotopic (exact) mass is 632 g/mol. The van der Waals surface area contributed by atoms with Gasteiger partial charge in [0.05, 0.1) is 16.6 Å². The van der Waals surface area contributed by atoms with Crippen LogP contribution in [0, 0.1) is 11.8 Å². The number of nitrogens with zero attached hydrogens (tertiary/aromatic N) is 2. The number of hydrogen-bond acceptors (Lipinski definition) is 3. The van der Waals surface area contributed by atoms with Crippen LogP contribution in [0.3, 0.4) is 0 Å². The highest BCUT2D eigenvalue weighted by Crippen LogP contribution is 2.70. The lowest BCUT2D eigenvalue weighted by Gasteiger charge is -2.28. The maximum absolute atomic E-state index is 13.3. The van der Waals surface area contributed by atoms with Crippen LogP contribution in [0.15, 0.2) is 149 Å². The summed E-state index contributed by atoms with van der Waals surface area (Å²) < 4.78 is 2.27. The molecule has 2 heterocycles. The molecule has 0 spiro atoms. The lowest BCUT2D eigenvalue weighted by Crippen LogP contribution is -2.29. The van der Waals surface area contributed by atoms with Gasteiger partial charge in [-0.15, -0.1) is 0 Å². The predicted octanol–water partition coefficient (Wildman–Crippen LogP) is 7.95. The normalized spacial score (nSPS) is 21.9. The summed E-state index contributed by atoms with van der Waals surface area (Å²) in [6.45, 7) is 4.19. The van der Waals surface area contributed by atoms with Gasteiger partial charge in [-0.05, 0) is 116 Å². The quantitative estimate of drug-likeness (QED) is 0.153. The van der Waals surface area contributed by atoms with Crippen LogP contribution in [-0.4, -0.2) is 14.3 Å². The fraction of sp³-hybridized carbons (Fsp3) is 0.167. The van der Waals surface area contributed by atoms with E-state index in [2.05, 4.69) is 115 Å². The molecule has 232 valence electrons. The van der Waals surface area contributed by atoms with Gasteiger partial charge in [0, 0.05) is 16.5 Å². The largest absolute Gasteiger partial charge is 0.404 e. The maximum atomic E-state index is 13.3. The average molecular weight is 633 g/mol. The number of allylic oxidation sites excluding steroid dienone is 11. The predicted molar refractivity (Wildman–Crippen MR) is 200 cm³/mol. The van der Waals surface area contributed by atoms with Gasteiger partial charge in [-0.1, -0.05) is 78.4 Å². The number of nitrogens with two attached hydrogens (primary N) is 1. The third-order valence-corrected chi connectivity index (χ3v) is 13.5. The Bertz CT molecular complexity index is 2390. The molecule has 3 aromatic carbocycles. The first kappa shape index (κ1) is 29.6. The molecule has 5 aromatic rings. The molecule has 0 fully saturated rings. The van der Waals surface area contributed by atoms with Gasteiger partial charge in [0.2, 0.25) is 7.49 Å². The van der Waals surface area contributed by atoms with Gasteiger partial charge >= 0.3 is 0 Å². The fourth-order valence-corrected chi connectivity index (χ4v) is 11.1. The van der Waals surface area contributed by atoms with Gasteiger partial charge in [-0.25, -0.2) is 9.88 Å². The molecule has 0 saturated heterocycles. The minimum atomic E-state index is -3.07. The molecule has 3 N–H and O–H groups in total. The second-order valence-electron chi connectivity index (χ2n) is 12.8. The van der Waals surface area contributed by atoms with Gasteiger partial charge < -0.3 is 5.73 Å². The van der Waals surface area contributed by atoms with Crippen LogP contribution in [0.25, 0.3) is 39.7 Å². The Hall–Kier alpha value is -4.76. The third-order valence-electron chi connectivity index (χ3n) is 10.2. The van der Waals surface area contributed by atoms with Gasteiger partial charge in [0.25, 0.3) is 0 Å². The molecular weight excluding hydrogens is 593 g/mol. The Kier molecular flexibility index (Phi) is 7.44. The van der Waals surface area contributed by atoms with E-state index in [-0.39, 0.29) is 0 Å². The van der Waals surface area contributed by atoms with Crippen molar-refractivity contribution in [3.63, 3.8) is 0 Å². The van der Waals surface area contributed by atoms with Gasteiger partial charge in [0.1, 0.15) is 21.6 Å². The minimum Gasteiger partial charge on any atom is -0.404 e. The van der Waals surface area contributed by atoms with Gasteiger partial charge in [-0.3, -0.25) is 4.40 Å².